The van der Waals surface area contributed by atoms with Crippen molar-refractivity contribution in [1.29, 1.82) is 0 Å². The first-order valence-electron chi connectivity index (χ1n) is 9.98. The highest BCUT2D eigenvalue weighted by Crippen LogP contribution is 2.37. The van der Waals surface area contributed by atoms with Crippen molar-refractivity contribution in [2.75, 3.05) is 19.0 Å². The molecular weight excluding hydrogens is 373 g/mol. The smallest absolute Gasteiger partial charge is 0.241 e. The summed E-state index contributed by atoms with van der Waals surface area (Å²) in [5, 5.41) is 17.9. The summed E-state index contributed by atoms with van der Waals surface area (Å²) < 4.78 is 20.9. The number of rotatable bonds is 6. The molecule has 0 aromatic carbocycles. The van der Waals surface area contributed by atoms with Gasteiger partial charge in [-0.25, -0.2) is 13.9 Å². The fraction of sp³-hybridized carbons (Fsp3) is 0.476. The number of nitrogens with one attached hydrogen (secondary N) is 1. The van der Waals surface area contributed by atoms with Crippen molar-refractivity contribution in [3.63, 3.8) is 0 Å². The summed E-state index contributed by atoms with van der Waals surface area (Å²) in [7, 11) is 1.66. The Kier molecular flexibility index (Phi) is 5.73. The molecule has 1 atom stereocenters. The van der Waals surface area contributed by atoms with E-state index in [0.717, 1.165) is 42.5 Å². The fourth-order valence-corrected chi connectivity index (χ4v) is 4.05. The number of methoxy groups -OCH3 is 1. The van der Waals surface area contributed by atoms with E-state index < -0.39 is 0 Å². The van der Waals surface area contributed by atoms with Gasteiger partial charge in [0, 0.05) is 42.1 Å². The SMILES string of the molecule is COC[C@H](C)Nc1ncc2c(-c3cncc(F)c3)cc([C@H]3CC[C@H](O)CC3)n2n1. The Hall–Kier alpha value is -2.58. The van der Waals surface area contributed by atoms with Gasteiger partial charge in [-0.3, -0.25) is 4.98 Å². The molecule has 154 valence electrons. The van der Waals surface area contributed by atoms with Crippen LogP contribution in [0.15, 0.2) is 30.7 Å². The number of aromatic nitrogens is 4. The summed E-state index contributed by atoms with van der Waals surface area (Å²) in [5.74, 6) is 0.413. The largest absolute Gasteiger partial charge is 0.393 e. The van der Waals surface area contributed by atoms with Crippen LogP contribution in [0.25, 0.3) is 16.6 Å². The van der Waals surface area contributed by atoms with Gasteiger partial charge < -0.3 is 15.2 Å². The molecule has 1 aliphatic carbocycles. The highest BCUT2D eigenvalue weighted by Gasteiger charge is 2.25. The van der Waals surface area contributed by atoms with Crippen molar-refractivity contribution in [2.24, 2.45) is 0 Å². The van der Waals surface area contributed by atoms with Crippen LogP contribution in [0, 0.1) is 5.82 Å². The van der Waals surface area contributed by atoms with Crippen LogP contribution in [-0.4, -0.2) is 50.6 Å². The van der Waals surface area contributed by atoms with Gasteiger partial charge in [0.25, 0.3) is 0 Å². The normalized spacial score (nSPS) is 20.7. The second kappa shape index (κ2) is 8.42. The molecule has 2 N–H and O–H groups in total. The molecule has 1 aliphatic rings. The molecular formula is C21H26FN5O2. The quantitative estimate of drug-likeness (QED) is 0.661. The third-order valence-corrected chi connectivity index (χ3v) is 5.47. The van der Waals surface area contributed by atoms with Gasteiger partial charge in [0.2, 0.25) is 5.95 Å². The lowest BCUT2D eigenvalue weighted by molar-refractivity contribution is 0.121. The molecule has 0 aliphatic heterocycles. The van der Waals surface area contributed by atoms with Crippen molar-refractivity contribution < 1.29 is 14.2 Å². The van der Waals surface area contributed by atoms with Gasteiger partial charge >= 0.3 is 0 Å². The van der Waals surface area contributed by atoms with Crippen molar-refractivity contribution >= 4 is 11.5 Å². The number of nitrogens with zero attached hydrogens (tertiary/aromatic N) is 4. The van der Waals surface area contributed by atoms with E-state index in [9.17, 15) is 9.50 Å². The van der Waals surface area contributed by atoms with E-state index >= 15 is 0 Å². The number of hydrogen-bond donors (Lipinski definition) is 2. The molecule has 0 unspecified atom stereocenters. The summed E-state index contributed by atoms with van der Waals surface area (Å²) in [5.41, 5.74) is 3.41. The zero-order valence-electron chi connectivity index (χ0n) is 16.7. The third-order valence-electron chi connectivity index (χ3n) is 5.47. The summed E-state index contributed by atoms with van der Waals surface area (Å²) in [6, 6.07) is 3.60. The number of hydrogen-bond acceptors (Lipinski definition) is 6. The van der Waals surface area contributed by atoms with Crippen molar-refractivity contribution in [3.8, 4) is 11.1 Å². The molecule has 0 amide bonds. The van der Waals surface area contributed by atoms with Crippen LogP contribution in [0.4, 0.5) is 10.3 Å². The maximum atomic E-state index is 13.8. The van der Waals surface area contributed by atoms with Gasteiger partial charge in [0.05, 0.1) is 30.6 Å². The van der Waals surface area contributed by atoms with Crippen molar-refractivity contribution in [1.82, 2.24) is 19.6 Å². The zero-order valence-corrected chi connectivity index (χ0v) is 16.7. The van der Waals surface area contributed by atoms with Gasteiger partial charge in [-0.05, 0) is 44.7 Å². The average Bonchev–Trinajstić information content (AvgIpc) is 3.08. The minimum absolute atomic E-state index is 0.0631. The van der Waals surface area contributed by atoms with Crippen LogP contribution in [0.2, 0.25) is 0 Å². The van der Waals surface area contributed by atoms with Gasteiger partial charge in [-0.1, -0.05) is 0 Å². The molecule has 3 heterocycles. The zero-order chi connectivity index (χ0) is 20.4. The number of ether oxygens (including phenoxy) is 1. The first kappa shape index (κ1) is 19.7. The second-order valence-corrected chi connectivity index (χ2v) is 7.76. The lowest BCUT2D eigenvalue weighted by Gasteiger charge is -2.25. The van der Waals surface area contributed by atoms with Crippen molar-refractivity contribution in [3.05, 3.63) is 42.2 Å². The first-order chi connectivity index (χ1) is 14.0. The molecule has 8 heteroatoms. The predicted octanol–water partition coefficient (Wildman–Crippen LogP) is 3.40. The number of anilines is 1. The second-order valence-electron chi connectivity index (χ2n) is 7.76. The molecule has 0 radical (unpaired) electrons. The van der Waals surface area contributed by atoms with E-state index in [1.807, 2.05) is 11.4 Å². The number of pyridine rings is 1. The van der Waals surface area contributed by atoms with E-state index in [1.165, 1.54) is 12.3 Å². The molecule has 29 heavy (non-hydrogen) atoms. The van der Waals surface area contributed by atoms with E-state index in [2.05, 4.69) is 21.4 Å². The Bertz CT molecular complexity index is 984. The first-order valence-corrected chi connectivity index (χ1v) is 9.98. The Labute approximate surface area is 169 Å². The number of fused-ring (bicyclic) bond motifs is 1. The average molecular weight is 399 g/mol. The van der Waals surface area contributed by atoms with Gasteiger partial charge in [-0.2, -0.15) is 0 Å². The van der Waals surface area contributed by atoms with Crippen LogP contribution in [0.5, 0.6) is 0 Å². The topological polar surface area (TPSA) is 84.6 Å². The summed E-state index contributed by atoms with van der Waals surface area (Å²) in [6.45, 7) is 2.54. The molecule has 1 saturated carbocycles. The van der Waals surface area contributed by atoms with Gasteiger partial charge in [-0.15, -0.1) is 5.10 Å². The van der Waals surface area contributed by atoms with Crippen LogP contribution in [-0.2, 0) is 4.74 Å². The van der Waals surface area contributed by atoms with Gasteiger partial charge in [0.15, 0.2) is 0 Å². The maximum Gasteiger partial charge on any atom is 0.241 e. The molecule has 3 aromatic heterocycles. The predicted molar refractivity (Wildman–Crippen MR) is 108 cm³/mol. The van der Waals surface area contributed by atoms with E-state index in [1.54, 1.807) is 19.5 Å². The minimum atomic E-state index is -0.378. The highest BCUT2D eigenvalue weighted by molar-refractivity contribution is 5.81. The van der Waals surface area contributed by atoms with Crippen LogP contribution < -0.4 is 5.32 Å². The van der Waals surface area contributed by atoms with Gasteiger partial charge in [0.1, 0.15) is 5.82 Å². The molecule has 0 bridgehead atoms. The Balaban J connectivity index is 1.78. The lowest BCUT2D eigenvalue weighted by atomic mass is 9.85. The highest BCUT2D eigenvalue weighted by atomic mass is 19.1. The summed E-state index contributed by atoms with van der Waals surface area (Å²) >= 11 is 0. The van der Waals surface area contributed by atoms with E-state index in [-0.39, 0.29) is 23.9 Å². The molecule has 0 spiro atoms. The Morgan fingerprint density at radius 2 is 2.03 bits per heavy atom. The Morgan fingerprint density at radius 1 is 1.24 bits per heavy atom. The number of aliphatic hydroxyl groups is 1. The molecule has 0 saturated heterocycles. The lowest BCUT2D eigenvalue weighted by Crippen LogP contribution is -2.23. The van der Waals surface area contributed by atoms with Crippen LogP contribution in [0.3, 0.4) is 0 Å². The van der Waals surface area contributed by atoms with Crippen molar-refractivity contribution in [2.45, 2.75) is 50.7 Å². The Morgan fingerprint density at radius 3 is 2.76 bits per heavy atom. The molecule has 1 fully saturated rings. The van der Waals surface area contributed by atoms with Crippen LogP contribution in [0.1, 0.15) is 44.2 Å². The number of halogens is 1. The third kappa shape index (κ3) is 4.23. The minimum Gasteiger partial charge on any atom is -0.393 e. The number of aliphatic hydroxyl groups excluding tert-OH is 1. The monoisotopic (exact) mass is 399 g/mol. The standard InChI is InChI=1S/C21H26FN5O2/c1-13(12-29-2)25-21-24-11-20-18(15-7-16(22)10-23-9-15)8-19(27(20)26-21)14-3-5-17(28)6-4-14/h7-11,13-14,17,28H,3-6,12H2,1-2H3,(H,25,26)/t13-,14-,17-/m0/s1. The van der Waals surface area contributed by atoms with E-state index in [0.29, 0.717) is 18.1 Å². The summed E-state index contributed by atoms with van der Waals surface area (Å²) in [6.07, 6.45) is 7.70. The van der Waals surface area contributed by atoms with E-state index in [4.69, 9.17) is 9.84 Å². The molecule has 7 nitrogen and oxygen atoms in total. The van der Waals surface area contributed by atoms with Crippen LogP contribution >= 0.6 is 0 Å². The maximum absolute atomic E-state index is 13.8. The molecule has 3 aromatic rings. The molecule has 4 rings (SSSR count). The summed E-state index contributed by atoms with van der Waals surface area (Å²) in [4.78, 5) is 8.45. The fourth-order valence-electron chi connectivity index (χ4n) is 4.05.